The third-order valence-corrected chi connectivity index (χ3v) is 4.55. The fourth-order valence-electron chi connectivity index (χ4n) is 2.78. The maximum absolute atomic E-state index is 10.1. The van der Waals surface area contributed by atoms with Gasteiger partial charge in [-0.05, 0) is 43.8 Å². The lowest BCUT2D eigenvalue weighted by Crippen LogP contribution is -2.42. The molecule has 0 unspecified atom stereocenters. The van der Waals surface area contributed by atoms with E-state index in [1.807, 2.05) is 0 Å². The summed E-state index contributed by atoms with van der Waals surface area (Å²) in [5.74, 6) is 0. The largest absolute Gasteiger partial charge is 0.391 e. The molecule has 0 amide bonds. The molecule has 0 bridgehead atoms. The Morgan fingerprint density at radius 3 is 2.83 bits per heavy atom. The lowest BCUT2D eigenvalue weighted by molar-refractivity contribution is 0.0288. The summed E-state index contributed by atoms with van der Waals surface area (Å²) in [5, 5.41) is 10.1. The van der Waals surface area contributed by atoms with E-state index in [0.29, 0.717) is 6.04 Å². The Morgan fingerprint density at radius 2 is 2.11 bits per heavy atom. The van der Waals surface area contributed by atoms with Gasteiger partial charge in [-0.2, -0.15) is 0 Å². The number of thioether (sulfide) groups is 1. The minimum Gasteiger partial charge on any atom is -0.391 e. The van der Waals surface area contributed by atoms with Crippen molar-refractivity contribution in [2.45, 2.75) is 49.3 Å². The summed E-state index contributed by atoms with van der Waals surface area (Å²) in [6.45, 7) is 0.927. The van der Waals surface area contributed by atoms with Crippen molar-refractivity contribution in [1.29, 1.82) is 0 Å². The second kappa shape index (κ2) is 6.60. The van der Waals surface area contributed by atoms with Crippen LogP contribution in [-0.4, -0.2) is 35.5 Å². The quantitative estimate of drug-likeness (QED) is 0.846. The van der Waals surface area contributed by atoms with Gasteiger partial charge >= 0.3 is 0 Å². The Balaban J connectivity index is 1.98. The molecule has 1 aliphatic carbocycles. The third-order valence-electron chi connectivity index (χ3n) is 3.83. The number of aliphatic hydroxyl groups is 1. The van der Waals surface area contributed by atoms with Crippen molar-refractivity contribution >= 4 is 11.8 Å². The van der Waals surface area contributed by atoms with E-state index >= 15 is 0 Å². The van der Waals surface area contributed by atoms with E-state index in [0.717, 1.165) is 19.4 Å². The minimum absolute atomic E-state index is 0.146. The summed E-state index contributed by atoms with van der Waals surface area (Å²) in [7, 11) is 2.13. The number of hydrogen-bond acceptors (Lipinski definition) is 3. The van der Waals surface area contributed by atoms with E-state index in [9.17, 15) is 5.11 Å². The van der Waals surface area contributed by atoms with Crippen molar-refractivity contribution in [3.05, 3.63) is 29.8 Å². The Bertz CT molecular complexity index is 383. The number of rotatable bonds is 4. The SMILES string of the molecule is CSc1cccc(CN(C)[C@@H]2CCCC[C@@H]2O)c1. The molecule has 0 radical (unpaired) electrons. The molecule has 1 aliphatic rings. The van der Waals surface area contributed by atoms with Gasteiger partial charge in [0, 0.05) is 17.5 Å². The van der Waals surface area contributed by atoms with Crippen molar-refractivity contribution in [2.24, 2.45) is 0 Å². The maximum atomic E-state index is 10.1. The summed E-state index contributed by atoms with van der Waals surface area (Å²) in [6, 6.07) is 9.01. The topological polar surface area (TPSA) is 23.5 Å². The van der Waals surface area contributed by atoms with Crippen LogP contribution in [0.5, 0.6) is 0 Å². The zero-order valence-electron chi connectivity index (χ0n) is 11.3. The summed E-state index contributed by atoms with van der Waals surface area (Å²) in [5.41, 5.74) is 1.34. The van der Waals surface area contributed by atoms with Crippen molar-refractivity contribution < 1.29 is 5.11 Å². The molecule has 3 heteroatoms. The van der Waals surface area contributed by atoms with Crippen molar-refractivity contribution in [3.63, 3.8) is 0 Å². The molecule has 0 spiro atoms. The molecule has 2 nitrogen and oxygen atoms in total. The first-order valence-electron chi connectivity index (χ1n) is 6.72. The highest BCUT2D eigenvalue weighted by molar-refractivity contribution is 7.98. The van der Waals surface area contributed by atoms with E-state index in [4.69, 9.17) is 0 Å². The number of likely N-dealkylation sites (N-methyl/N-ethyl adjacent to an activating group) is 1. The molecule has 18 heavy (non-hydrogen) atoms. The maximum Gasteiger partial charge on any atom is 0.0695 e. The van der Waals surface area contributed by atoms with Crippen LogP contribution in [0.4, 0.5) is 0 Å². The third kappa shape index (κ3) is 3.50. The van der Waals surface area contributed by atoms with Crippen LogP contribution in [0.3, 0.4) is 0 Å². The molecule has 100 valence electrons. The van der Waals surface area contributed by atoms with Gasteiger partial charge in [0.1, 0.15) is 0 Å². The number of aliphatic hydroxyl groups excluding tert-OH is 1. The molecular formula is C15H23NOS. The number of hydrogen-bond donors (Lipinski definition) is 1. The van der Waals surface area contributed by atoms with Gasteiger partial charge in [0.05, 0.1) is 6.10 Å². The Morgan fingerprint density at radius 1 is 1.33 bits per heavy atom. The minimum atomic E-state index is -0.146. The highest BCUT2D eigenvalue weighted by Crippen LogP contribution is 2.24. The van der Waals surface area contributed by atoms with E-state index in [1.165, 1.54) is 23.3 Å². The summed E-state index contributed by atoms with van der Waals surface area (Å²) < 4.78 is 0. The normalized spacial score (nSPS) is 24.4. The molecule has 0 aromatic heterocycles. The molecule has 0 heterocycles. The lowest BCUT2D eigenvalue weighted by Gasteiger charge is -2.35. The zero-order chi connectivity index (χ0) is 13.0. The van der Waals surface area contributed by atoms with E-state index in [1.54, 1.807) is 11.8 Å². The molecule has 1 N–H and O–H groups in total. The molecule has 2 atom stereocenters. The molecule has 1 fully saturated rings. The van der Waals surface area contributed by atoms with Gasteiger partial charge in [-0.1, -0.05) is 25.0 Å². The predicted molar refractivity (Wildman–Crippen MR) is 78.0 cm³/mol. The van der Waals surface area contributed by atoms with Gasteiger partial charge in [-0.25, -0.2) is 0 Å². The van der Waals surface area contributed by atoms with Gasteiger partial charge in [0.2, 0.25) is 0 Å². The van der Waals surface area contributed by atoms with Gasteiger partial charge in [0.25, 0.3) is 0 Å². The first-order valence-corrected chi connectivity index (χ1v) is 7.94. The van der Waals surface area contributed by atoms with E-state index in [2.05, 4.69) is 42.5 Å². The van der Waals surface area contributed by atoms with Crippen molar-refractivity contribution in [1.82, 2.24) is 4.90 Å². The lowest BCUT2D eigenvalue weighted by atomic mass is 9.91. The average Bonchev–Trinajstić information content (AvgIpc) is 2.39. The van der Waals surface area contributed by atoms with Gasteiger partial charge in [-0.3, -0.25) is 4.90 Å². The summed E-state index contributed by atoms with van der Waals surface area (Å²) in [4.78, 5) is 3.62. The highest BCUT2D eigenvalue weighted by Gasteiger charge is 2.26. The highest BCUT2D eigenvalue weighted by atomic mass is 32.2. The standard InChI is InChI=1S/C15H23NOS/c1-16(14-8-3-4-9-15(14)17)11-12-6-5-7-13(10-12)18-2/h5-7,10,14-15,17H,3-4,8-9,11H2,1-2H3/t14-,15+/m1/s1. The fourth-order valence-corrected chi connectivity index (χ4v) is 3.27. The predicted octanol–water partition coefficient (Wildman–Crippen LogP) is 3.14. The van der Waals surface area contributed by atoms with E-state index in [-0.39, 0.29) is 6.10 Å². The van der Waals surface area contributed by atoms with Crippen LogP contribution in [0.2, 0.25) is 0 Å². The van der Waals surface area contributed by atoms with Crippen LogP contribution in [0.25, 0.3) is 0 Å². The molecular weight excluding hydrogens is 242 g/mol. The Hall–Kier alpha value is -0.510. The summed E-state index contributed by atoms with van der Waals surface area (Å²) in [6.07, 6.45) is 6.46. The molecule has 1 aromatic rings. The summed E-state index contributed by atoms with van der Waals surface area (Å²) >= 11 is 1.78. The Labute approximate surface area is 114 Å². The number of nitrogens with zero attached hydrogens (tertiary/aromatic N) is 1. The van der Waals surface area contributed by atoms with Crippen LogP contribution >= 0.6 is 11.8 Å². The van der Waals surface area contributed by atoms with Crippen LogP contribution < -0.4 is 0 Å². The molecule has 0 aliphatic heterocycles. The Kier molecular flexibility index (Phi) is 5.10. The van der Waals surface area contributed by atoms with Crippen molar-refractivity contribution in [2.75, 3.05) is 13.3 Å². The van der Waals surface area contributed by atoms with Gasteiger partial charge in [0.15, 0.2) is 0 Å². The first-order chi connectivity index (χ1) is 8.70. The fraction of sp³-hybridized carbons (Fsp3) is 0.600. The molecule has 1 saturated carbocycles. The second-order valence-electron chi connectivity index (χ2n) is 5.19. The molecule has 1 aromatic carbocycles. The van der Waals surface area contributed by atoms with Crippen molar-refractivity contribution in [3.8, 4) is 0 Å². The van der Waals surface area contributed by atoms with Crippen LogP contribution in [0, 0.1) is 0 Å². The number of benzene rings is 1. The smallest absolute Gasteiger partial charge is 0.0695 e. The van der Waals surface area contributed by atoms with Crippen LogP contribution in [0.1, 0.15) is 31.2 Å². The zero-order valence-corrected chi connectivity index (χ0v) is 12.1. The molecule has 0 saturated heterocycles. The van der Waals surface area contributed by atoms with Gasteiger partial charge < -0.3 is 5.11 Å². The van der Waals surface area contributed by atoms with Crippen LogP contribution in [0.15, 0.2) is 29.2 Å². The first kappa shape index (κ1) is 13.9. The van der Waals surface area contributed by atoms with Crippen LogP contribution in [-0.2, 0) is 6.54 Å². The molecule has 2 rings (SSSR count). The average molecular weight is 265 g/mol. The second-order valence-corrected chi connectivity index (χ2v) is 6.07. The van der Waals surface area contributed by atoms with Gasteiger partial charge in [-0.15, -0.1) is 11.8 Å². The monoisotopic (exact) mass is 265 g/mol. The van der Waals surface area contributed by atoms with E-state index < -0.39 is 0 Å².